The summed E-state index contributed by atoms with van der Waals surface area (Å²) in [5, 5.41) is 3.01. The van der Waals surface area contributed by atoms with Gasteiger partial charge in [0, 0.05) is 32.5 Å². The van der Waals surface area contributed by atoms with Gasteiger partial charge < -0.3 is 10.2 Å². The van der Waals surface area contributed by atoms with Crippen molar-refractivity contribution in [3.8, 4) is 0 Å². The summed E-state index contributed by atoms with van der Waals surface area (Å²) in [5.41, 5.74) is 1.86. The minimum absolute atomic E-state index is 0.0231. The molecule has 1 unspecified atom stereocenters. The van der Waals surface area contributed by atoms with Crippen LogP contribution in [0.5, 0.6) is 0 Å². The van der Waals surface area contributed by atoms with Crippen molar-refractivity contribution >= 4 is 23.6 Å². The number of imide groups is 1. The van der Waals surface area contributed by atoms with Gasteiger partial charge in [0.25, 0.3) is 0 Å². The maximum Gasteiger partial charge on any atom is 0.243 e. The van der Waals surface area contributed by atoms with Crippen molar-refractivity contribution in [2.24, 2.45) is 11.8 Å². The summed E-state index contributed by atoms with van der Waals surface area (Å²) in [5.74, 6) is -1.47. The molecule has 1 heterocycles. The van der Waals surface area contributed by atoms with Gasteiger partial charge in [-0.05, 0) is 30.4 Å². The monoisotopic (exact) mass is 515 g/mol. The molecule has 7 nitrogen and oxygen atoms in total. The number of nitrogens with zero attached hydrogens (tertiary/aromatic N) is 2. The quantitative estimate of drug-likeness (QED) is 0.264. The number of hydrogen-bond donors (Lipinski definition) is 1. The molecule has 1 fully saturated rings. The van der Waals surface area contributed by atoms with E-state index in [0.29, 0.717) is 25.8 Å². The van der Waals surface area contributed by atoms with Gasteiger partial charge in [0.1, 0.15) is 6.04 Å². The highest BCUT2D eigenvalue weighted by Crippen LogP contribution is 2.35. The Kier molecular flexibility index (Phi) is 9.46. The highest BCUT2D eigenvalue weighted by atomic mass is 16.2. The van der Waals surface area contributed by atoms with E-state index in [1.165, 1.54) is 4.90 Å². The van der Waals surface area contributed by atoms with Gasteiger partial charge in [-0.1, -0.05) is 86.2 Å². The van der Waals surface area contributed by atoms with Gasteiger partial charge in [0.2, 0.25) is 23.6 Å². The van der Waals surface area contributed by atoms with Crippen LogP contribution >= 0.6 is 0 Å². The Morgan fingerprint density at radius 2 is 1.50 bits per heavy atom. The second kappa shape index (κ2) is 13.2. The fourth-order valence-corrected chi connectivity index (χ4v) is 5.28. The van der Waals surface area contributed by atoms with Crippen molar-refractivity contribution in [1.82, 2.24) is 15.1 Å². The van der Waals surface area contributed by atoms with Crippen LogP contribution in [0.25, 0.3) is 0 Å². The number of hydrogen-bond acceptors (Lipinski definition) is 4. The molecule has 0 saturated carbocycles. The minimum atomic E-state index is -0.723. The van der Waals surface area contributed by atoms with Gasteiger partial charge in [-0.2, -0.15) is 0 Å². The Bertz CT molecular complexity index is 1120. The van der Waals surface area contributed by atoms with E-state index >= 15 is 0 Å². The summed E-state index contributed by atoms with van der Waals surface area (Å²) < 4.78 is 0. The third-order valence-corrected chi connectivity index (χ3v) is 7.44. The third-order valence-electron chi connectivity index (χ3n) is 7.44. The van der Waals surface area contributed by atoms with Crippen LogP contribution in [0.15, 0.2) is 72.8 Å². The molecule has 0 radical (unpaired) electrons. The predicted octanol–water partition coefficient (Wildman–Crippen LogP) is 3.88. The van der Waals surface area contributed by atoms with Gasteiger partial charge in [0.05, 0.1) is 11.8 Å². The lowest BCUT2D eigenvalue weighted by Crippen LogP contribution is -2.51. The first-order valence-corrected chi connectivity index (χ1v) is 13.6. The highest BCUT2D eigenvalue weighted by molar-refractivity contribution is 6.05. The molecule has 0 aromatic heterocycles. The molecule has 7 heteroatoms. The molecule has 2 aliphatic rings. The van der Waals surface area contributed by atoms with Crippen LogP contribution in [0.2, 0.25) is 0 Å². The Hall–Kier alpha value is -3.74. The predicted molar refractivity (Wildman–Crippen MR) is 146 cm³/mol. The van der Waals surface area contributed by atoms with Crippen LogP contribution in [0.3, 0.4) is 0 Å². The van der Waals surface area contributed by atoms with E-state index in [9.17, 15) is 19.2 Å². The second-order valence-corrected chi connectivity index (χ2v) is 10.1. The van der Waals surface area contributed by atoms with E-state index in [1.54, 1.807) is 4.90 Å². The summed E-state index contributed by atoms with van der Waals surface area (Å²) >= 11 is 0. The Labute approximate surface area is 224 Å². The molecule has 4 rings (SSSR count). The average Bonchev–Trinajstić information content (AvgIpc) is 3.19. The summed E-state index contributed by atoms with van der Waals surface area (Å²) in [4.78, 5) is 56.0. The Morgan fingerprint density at radius 3 is 2.08 bits per heavy atom. The largest absolute Gasteiger partial charge is 0.354 e. The molecule has 1 saturated heterocycles. The molecular weight excluding hydrogens is 478 g/mol. The fraction of sp³-hybridized carbons (Fsp3) is 0.419. The number of allylic oxidation sites excluding steroid dienone is 2. The van der Waals surface area contributed by atoms with Crippen molar-refractivity contribution in [3.63, 3.8) is 0 Å². The van der Waals surface area contributed by atoms with E-state index < -0.39 is 6.04 Å². The molecule has 2 aromatic rings. The molecular formula is C31H37N3O4. The van der Waals surface area contributed by atoms with E-state index in [1.807, 2.05) is 72.8 Å². The van der Waals surface area contributed by atoms with Crippen LogP contribution in [0, 0.1) is 11.8 Å². The number of benzene rings is 2. The number of carbonyl (C=O) groups is 4. The maximum atomic E-state index is 13.8. The zero-order valence-electron chi connectivity index (χ0n) is 22.1. The van der Waals surface area contributed by atoms with Crippen LogP contribution in [0.1, 0.15) is 50.2 Å². The van der Waals surface area contributed by atoms with E-state index in [2.05, 4.69) is 12.2 Å². The van der Waals surface area contributed by atoms with Gasteiger partial charge in [0.15, 0.2) is 0 Å². The zero-order chi connectivity index (χ0) is 26.9. The molecule has 0 spiro atoms. The summed E-state index contributed by atoms with van der Waals surface area (Å²) in [6, 6.07) is 18.5. The first-order valence-electron chi connectivity index (χ1n) is 13.6. The average molecular weight is 516 g/mol. The van der Waals surface area contributed by atoms with Crippen LogP contribution in [-0.4, -0.2) is 52.6 Å². The molecule has 3 atom stereocenters. The molecule has 1 aliphatic heterocycles. The number of amides is 4. The normalized spacial score (nSPS) is 19.2. The minimum Gasteiger partial charge on any atom is -0.354 e. The van der Waals surface area contributed by atoms with Crippen LogP contribution < -0.4 is 5.32 Å². The molecule has 0 bridgehead atoms. The molecule has 2 aromatic carbocycles. The number of likely N-dealkylation sites (tertiary alicyclic amines) is 1. The number of rotatable bonds is 12. The zero-order valence-corrected chi connectivity index (χ0v) is 22.1. The smallest absolute Gasteiger partial charge is 0.243 e. The lowest BCUT2D eigenvalue weighted by Gasteiger charge is -2.32. The number of nitrogens with one attached hydrogen (secondary N) is 1. The first-order chi connectivity index (χ1) is 18.5. The van der Waals surface area contributed by atoms with Gasteiger partial charge >= 0.3 is 0 Å². The lowest BCUT2D eigenvalue weighted by atomic mass is 9.85. The summed E-state index contributed by atoms with van der Waals surface area (Å²) in [6.45, 7) is 2.90. The highest BCUT2D eigenvalue weighted by Gasteiger charge is 2.47. The number of unbranched alkanes of at least 4 members (excludes halogenated alkanes) is 1. The molecule has 200 valence electrons. The van der Waals surface area contributed by atoms with Gasteiger partial charge in [-0.3, -0.25) is 24.1 Å². The number of fused-ring (bicyclic) bond motifs is 1. The fourth-order valence-electron chi connectivity index (χ4n) is 5.28. The Balaban J connectivity index is 1.55. The molecule has 1 aliphatic carbocycles. The topological polar surface area (TPSA) is 86.8 Å². The van der Waals surface area contributed by atoms with Crippen molar-refractivity contribution in [2.45, 2.75) is 58.0 Å². The standard InChI is InChI=1S/C31H37N3O4/c1-2-3-19-32-29(36)27(21-23-12-6-4-7-13-23)34(22-24-14-8-5-9-15-24)28(35)18-20-33-30(37)25-16-10-11-17-26(25)31(33)38/h4-15,25-27H,2-3,16-22H2,1H3,(H,32,36)/t25-,26+,27?. The summed E-state index contributed by atoms with van der Waals surface area (Å²) in [7, 11) is 0. The first kappa shape index (κ1) is 27.3. The van der Waals surface area contributed by atoms with Crippen molar-refractivity contribution < 1.29 is 19.2 Å². The Morgan fingerprint density at radius 1 is 0.921 bits per heavy atom. The second-order valence-electron chi connectivity index (χ2n) is 10.1. The molecule has 4 amide bonds. The SMILES string of the molecule is CCCCNC(=O)C(Cc1ccccc1)N(Cc1ccccc1)C(=O)CCN1C(=O)[C@H]2CC=CC[C@H]2C1=O. The lowest BCUT2D eigenvalue weighted by molar-refractivity contribution is -0.144. The van der Waals surface area contributed by atoms with Crippen molar-refractivity contribution in [3.05, 3.63) is 83.9 Å². The van der Waals surface area contributed by atoms with Crippen LogP contribution in [0.4, 0.5) is 0 Å². The van der Waals surface area contributed by atoms with E-state index in [4.69, 9.17) is 0 Å². The van der Waals surface area contributed by atoms with Gasteiger partial charge in [-0.25, -0.2) is 0 Å². The summed E-state index contributed by atoms with van der Waals surface area (Å²) in [6.07, 6.45) is 7.19. The van der Waals surface area contributed by atoms with Gasteiger partial charge in [-0.15, -0.1) is 0 Å². The molecule has 1 N–H and O–H groups in total. The van der Waals surface area contributed by atoms with Crippen LogP contribution in [-0.2, 0) is 32.1 Å². The van der Waals surface area contributed by atoms with E-state index in [-0.39, 0.29) is 55.0 Å². The van der Waals surface area contributed by atoms with E-state index in [0.717, 1.165) is 24.0 Å². The maximum absolute atomic E-state index is 13.8. The molecule has 38 heavy (non-hydrogen) atoms. The van der Waals surface area contributed by atoms with Crippen molar-refractivity contribution in [2.75, 3.05) is 13.1 Å². The number of carbonyl (C=O) groups excluding carboxylic acids is 4. The third kappa shape index (κ3) is 6.57. The van der Waals surface area contributed by atoms with Crippen molar-refractivity contribution in [1.29, 1.82) is 0 Å².